The van der Waals surface area contributed by atoms with Crippen LogP contribution in [0.25, 0.3) is 0 Å². The van der Waals surface area contributed by atoms with Gasteiger partial charge in [0.05, 0.1) is 6.10 Å². The summed E-state index contributed by atoms with van der Waals surface area (Å²) in [7, 11) is 1.64. The van der Waals surface area contributed by atoms with Crippen molar-refractivity contribution in [3.8, 4) is 0 Å². The zero-order valence-corrected chi connectivity index (χ0v) is 6.13. The van der Waals surface area contributed by atoms with E-state index in [1.807, 2.05) is 0 Å². The highest BCUT2D eigenvalue weighted by molar-refractivity contribution is 5.75. The van der Waals surface area contributed by atoms with E-state index < -0.39 is 0 Å². The molecule has 0 aliphatic heterocycles. The number of carbonyl (C=O) groups is 1. The summed E-state index contributed by atoms with van der Waals surface area (Å²) < 4.78 is 0. The Balaban J connectivity index is 2.10. The Hall–Kier alpha value is -0.570. The fraction of sp³-hybridized carbons (Fsp3) is 0.857. The molecule has 1 saturated carbocycles. The Labute approximate surface area is 60.4 Å². The van der Waals surface area contributed by atoms with Gasteiger partial charge in [0.2, 0.25) is 5.91 Å². The third-order valence-electron chi connectivity index (χ3n) is 1.96. The molecule has 0 unspecified atom stereocenters. The van der Waals surface area contributed by atoms with Crippen LogP contribution in [0.15, 0.2) is 0 Å². The summed E-state index contributed by atoms with van der Waals surface area (Å²) >= 11 is 0. The minimum Gasteiger partial charge on any atom is -0.393 e. The summed E-state index contributed by atoms with van der Waals surface area (Å²) in [6, 6.07) is 0. The van der Waals surface area contributed by atoms with Gasteiger partial charge in [0, 0.05) is 13.5 Å². The highest BCUT2D eigenvalue weighted by atomic mass is 16.3. The maximum absolute atomic E-state index is 10.7. The van der Waals surface area contributed by atoms with Gasteiger partial charge in [-0.15, -0.1) is 0 Å². The molecule has 0 aromatic rings. The van der Waals surface area contributed by atoms with Crippen molar-refractivity contribution in [3.63, 3.8) is 0 Å². The summed E-state index contributed by atoms with van der Waals surface area (Å²) in [5.41, 5.74) is 0. The van der Waals surface area contributed by atoms with E-state index in [1.165, 1.54) is 0 Å². The van der Waals surface area contributed by atoms with Crippen LogP contribution in [0.4, 0.5) is 0 Å². The van der Waals surface area contributed by atoms with Crippen molar-refractivity contribution in [2.75, 3.05) is 7.05 Å². The molecule has 0 spiro atoms. The second-order valence-corrected chi connectivity index (χ2v) is 2.87. The Bertz CT molecular complexity index is 130. The first-order valence-electron chi connectivity index (χ1n) is 3.61. The molecule has 3 heteroatoms. The predicted molar refractivity (Wildman–Crippen MR) is 37.4 cm³/mol. The number of aliphatic hydroxyl groups is 1. The molecule has 58 valence electrons. The van der Waals surface area contributed by atoms with Gasteiger partial charge in [0.15, 0.2) is 0 Å². The summed E-state index contributed by atoms with van der Waals surface area (Å²) in [5, 5.41) is 11.4. The van der Waals surface area contributed by atoms with E-state index in [9.17, 15) is 4.79 Å². The molecular weight excluding hydrogens is 130 g/mol. The summed E-state index contributed by atoms with van der Waals surface area (Å²) in [6.45, 7) is 0. The van der Waals surface area contributed by atoms with Crippen molar-refractivity contribution in [2.45, 2.75) is 25.4 Å². The van der Waals surface area contributed by atoms with Crippen LogP contribution in [0.5, 0.6) is 0 Å². The monoisotopic (exact) mass is 143 g/mol. The van der Waals surface area contributed by atoms with Gasteiger partial charge in [-0.2, -0.15) is 0 Å². The van der Waals surface area contributed by atoms with Crippen molar-refractivity contribution in [1.29, 1.82) is 0 Å². The Morgan fingerprint density at radius 2 is 2.30 bits per heavy atom. The van der Waals surface area contributed by atoms with Crippen molar-refractivity contribution in [1.82, 2.24) is 5.32 Å². The first-order valence-corrected chi connectivity index (χ1v) is 3.61. The minimum atomic E-state index is -0.144. The Morgan fingerprint density at radius 1 is 1.70 bits per heavy atom. The molecule has 0 atom stereocenters. The first-order chi connectivity index (χ1) is 4.72. The molecule has 3 nitrogen and oxygen atoms in total. The molecule has 1 fully saturated rings. The van der Waals surface area contributed by atoms with Gasteiger partial charge >= 0.3 is 0 Å². The lowest BCUT2D eigenvalue weighted by atomic mass is 9.80. The van der Waals surface area contributed by atoms with Crippen LogP contribution in [0, 0.1) is 5.92 Å². The molecule has 1 rings (SSSR count). The number of rotatable bonds is 2. The van der Waals surface area contributed by atoms with Gasteiger partial charge in [0.25, 0.3) is 0 Å². The maximum Gasteiger partial charge on any atom is 0.220 e. The zero-order valence-electron chi connectivity index (χ0n) is 6.13. The van der Waals surface area contributed by atoms with Gasteiger partial charge in [-0.1, -0.05) is 0 Å². The van der Waals surface area contributed by atoms with Crippen LogP contribution in [0.2, 0.25) is 0 Å². The molecule has 0 saturated heterocycles. The molecule has 1 aliphatic rings. The maximum atomic E-state index is 10.7. The van der Waals surface area contributed by atoms with E-state index in [4.69, 9.17) is 5.11 Å². The van der Waals surface area contributed by atoms with E-state index in [1.54, 1.807) is 7.05 Å². The van der Waals surface area contributed by atoms with E-state index in [0.717, 1.165) is 12.8 Å². The summed E-state index contributed by atoms with van der Waals surface area (Å²) in [6.07, 6.45) is 2.03. The lowest BCUT2D eigenvalue weighted by molar-refractivity contribution is -0.123. The second kappa shape index (κ2) is 3.01. The molecule has 0 heterocycles. The van der Waals surface area contributed by atoms with Crippen molar-refractivity contribution >= 4 is 5.91 Å². The van der Waals surface area contributed by atoms with Crippen LogP contribution in [-0.2, 0) is 4.79 Å². The van der Waals surface area contributed by atoms with E-state index in [2.05, 4.69) is 5.32 Å². The topological polar surface area (TPSA) is 49.3 Å². The number of carbonyl (C=O) groups excluding carboxylic acids is 1. The number of hydrogen-bond acceptors (Lipinski definition) is 2. The highest BCUT2D eigenvalue weighted by Gasteiger charge is 2.28. The van der Waals surface area contributed by atoms with Gasteiger partial charge in [-0.05, 0) is 18.8 Å². The van der Waals surface area contributed by atoms with Crippen LogP contribution in [0.3, 0.4) is 0 Å². The normalized spacial score (nSPS) is 31.0. The number of nitrogens with one attached hydrogen (secondary N) is 1. The largest absolute Gasteiger partial charge is 0.393 e. The van der Waals surface area contributed by atoms with Crippen molar-refractivity contribution in [3.05, 3.63) is 0 Å². The number of amides is 1. The van der Waals surface area contributed by atoms with Crippen LogP contribution in [-0.4, -0.2) is 24.2 Å². The smallest absolute Gasteiger partial charge is 0.220 e. The Morgan fingerprint density at radius 3 is 2.70 bits per heavy atom. The molecule has 0 aromatic heterocycles. The van der Waals surface area contributed by atoms with E-state index in [-0.39, 0.29) is 12.0 Å². The standard InChI is InChI=1S/C7H13NO2/c1-8-7(10)4-5-2-6(9)3-5/h5-6,9H,2-4H2,1H3,(H,8,10). The van der Waals surface area contributed by atoms with Crippen LogP contribution >= 0.6 is 0 Å². The third-order valence-corrected chi connectivity index (χ3v) is 1.96. The fourth-order valence-electron chi connectivity index (χ4n) is 1.23. The zero-order chi connectivity index (χ0) is 7.56. The summed E-state index contributed by atoms with van der Waals surface area (Å²) in [5.74, 6) is 0.506. The van der Waals surface area contributed by atoms with Crippen molar-refractivity contribution in [2.24, 2.45) is 5.92 Å². The Kier molecular flexibility index (Phi) is 2.27. The molecule has 1 amide bonds. The lowest BCUT2D eigenvalue weighted by Gasteiger charge is -2.30. The third kappa shape index (κ3) is 1.70. The molecule has 0 bridgehead atoms. The molecule has 2 N–H and O–H groups in total. The SMILES string of the molecule is CNC(=O)CC1CC(O)C1. The van der Waals surface area contributed by atoms with Crippen LogP contribution < -0.4 is 5.32 Å². The second-order valence-electron chi connectivity index (χ2n) is 2.87. The quantitative estimate of drug-likeness (QED) is 0.566. The number of hydrogen-bond donors (Lipinski definition) is 2. The van der Waals surface area contributed by atoms with E-state index in [0.29, 0.717) is 12.3 Å². The molecular formula is C7H13NO2. The fourth-order valence-corrected chi connectivity index (χ4v) is 1.23. The highest BCUT2D eigenvalue weighted by Crippen LogP contribution is 2.29. The number of aliphatic hydroxyl groups excluding tert-OH is 1. The first kappa shape index (κ1) is 7.54. The average Bonchev–Trinajstić information content (AvgIpc) is 1.84. The molecule has 0 radical (unpaired) electrons. The van der Waals surface area contributed by atoms with Gasteiger partial charge in [-0.3, -0.25) is 4.79 Å². The lowest BCUT2D eigenvalue weighted by Crippen LogP contribution is -2.32. The average molecular weight is 143 g/mol. The predicted octanol–water partition coefficient (Wildman–Crippen LogP) is -0.107. The van der Waals surface area contributed by atoms with Gasteiger partial charge in [0.1, 0.15) is 0 Å². The van der Waals surface area contributed by atoms with Crippen LogP contribution in [0.1, 0.15) is 19.3 Å². The molecule has 1 aliphatic carbocycles. The van der Waals surface area contributed by atoms with Gasteiger partial charge in [-0.25, -0.2) is 0 Å². The molecule has 10 heavy (non-hydrogen) atoms. The van der Waals surface area contributed by atoms with E-state index >= 15 is 0 Å². The summed E-state index contributed by atoms with van der Waals surface area (Å²) in [4.78, 5) is 10.7. The van der Waals surface area contributed by atoms with Crippen molar-refractivity contribution < 1.29 is 9.90 Å². The molecule has 0 aromatic carbocycles. The minimum absolute atomic E-state index is 0.0805. The van der Waals surface area contributed by atoms with Gasteiger partial charge < -0.3 is 10.4 Å².